The van der Waals surface area contributed by atoms with E-state index < -0.39 is 5.97 Å². The normalized spacial score (nSPS) is 11.1. The van der Waals surface area contributed by atoms with Gasteiger partial charge < -0.3 is 14.7 Å². The summed E-state index contributed by atoms with van der Waals surface area (Å²) in [5, 5.41) is 9.03. The third kappa shape index (κ3) is 1.89. The molecule has 0 radical (unpaired) electrons. The molecule has 0 aliphatic carbocycles. The molecule has 0 atom stereocenters. The smallest absolute Gasteiger partial charge is 0.335 e. The molecule has 0 saturated heterocycles. The highest BCUT2D eigenvalue weighted by Gasteiger charge is 2.12. The number of fused-ring (bicyclic) bond motifs is 1. The van der Waals surface area contributed by atoms with Crippen LogP contribution in [0.25, 0.3) is 11.0 Å². The Hall–Kier alpha value is -2.83. The van der Waals surface area contributed by atoms with Crippen molar-refractivity contribution in [1.82, 2.24) is 19.1 Å². The first kappa shape index (κ1) is 12.2. The number of aryl methyl sites for hydroxylation is 1. The van der Waals surface area contributed by atoms with Gasteiger partial charge in [-0.05, 0) is 18.2 Å². The minimum atomic E-state index is -1.02. The quantitative estimate of drug-likeness (QED) is 0.738. The van der Waals surface area contributed by atoms with Crippen LogP contribution in [0.3, 0.4) is 0 Å². The molecule has 0 spiro atoms. The zero-order chi connectivity index (χ0) is 14.3. The summed E-state index contributed by atoms with van der Waals surface area (Å²) < 4.78 is 3.29. The molecule has 2 heterocycles. The lowest BCUT2D eigenvalue weighted by Crippen LogP contribution is -2.19. The number of carboxylic acid groups (broad SMARTS) is 1. The number of nitrogens with one attached hydrogen (secondary N) is 1. The van der Waals surface area contributed by atoms with Crippen LogP contribution in [-0.2, 0) is 13.6 Å². The number of hydrogen-bond acceptors (Lipinski definition) is 3. The lowest BCUT2D eigenvalue weighted by atomic mass is 10.2. The number of benzene rings is 1. The third-order valence-electron chi connectivity index (χ3n) is 3.24. The van der Waals surface area contributed by atoms with E-state index in [4.69, 9.17) is 5.11 Å². The largest absolute Gasteiger partial charge is 0.478 e. The average Bonchev–Trinajstić information content (AvgIpc) is 2.94. The highest BCUT2D eigenvalue weighted by Crippen LogP contribution is 2.14. The second kappa shape index (κ2) is 4.37. The Kier molecular flexibility index (Phi) is 2.67. The monoisotopic (exact) mass is 272 g/mol. The summed E-state index contributed by atoms with van der Waals surface area (Å²) in [5.41, 5.74) is 1.02. The summed E-state index contributed by atoms with van der Waals surface area (Å²) in [5.74, 6) is -0.308. The average molecular weight is 272 g/mol. The second-order valence-corrected chi connectivity index (χ2v) is 4.51. The van der Waals surface area contributed by atoms with Crippen LogP contribution in [0.4, 0.5) is 0 Å². The molecule has 1 aromatic carbocycles. The van der Waals surface area contributed by atoms with Gasteiger partial charge in [-0.15, -0.1) is 0 Å². The van der Waals surface area contributed by atoms with E-state index in [0.29, 0.717) is 16.9 Å². The van der Waals surface area contributed by atoms with Crippen LogP contribution in [0.5, 0.6) is 0 Å². The summed E-state index contributed by atoms with van der Waals surface area (Å²) in [4.78, 5) is 29.9. The summed E-state index contributed by atoms with van der Waals surface area (Å²) >= 11 is 0. The third-order valence-corrected chi connectivity index (χ3v) is 3.24. The van der Waals surface area contributed by atoms with E-state index in [1.807, 2.05) is 11.6 Å². The molecule has 0 saturated carbocycles. The molecule has 2 N–H and O–H groups in total. The van der Waals surface area contributed by atoms with Gasteiger partial charge in [-0.25, -0.2) is 14.6 Å². The van der Waals surface area contributed by atoms with Crippen LogP contribution < -0.4 is 5.69 Å². The number of carbonyl (C=O) groups is 1. The molecule has 2 aromatic heterocycles. The molecule has 0 aliphatic heterocycles. The van der Waals surface area contributed by atoms with Crippen LogP contribution in [-0.4, -0.2) is 30.2 Å². The van der Waals surface area contributed by atoms with Crippen LogP contribution >= 0.6 is 0 Å². The van der Waals surface area contributed by atoms with Crippen molar-refractivity contribution >= 4 is 17.0 Å². The zero-order valence-electron chi connectivity index (χ0n) is 10.7. The predicted octanol–water partition coefficient (Wildman–Crippen LogP) is 0.810. The molecule has 7 heteroatoms. The Morgan fingerprint density at radius 2 is 2.25 bits per heavy atom. The maximum absolute atomic E-state index is 12.0. The first-order valence-electron chi connectivity index (χ1n) is 5.98. The SMILES string of the molecule is Cn1ccnc1Cn1c(=O)[nH]c2ccc(C(=O)O)cc21. The summed E-state index contributed by atoms with van der Waals surface area (Å²) in [6.07, 6.45) is 3.44. The van der Waals surface area contributed by atoms with E-state index in [-0.39, 0.29) is 17.8 Å². The summed E-state index contributed by atoms with van der Waals surface area (Å²) in [6.45, 7) is 0.283. The van der Waals surface area contributed by atoms with Crippen molar-refractivity contribution in [3.05, 3.63) is 52.5 Å². The Morgan fingerprint density at radius 1 is 1.45 bits per heavy atom. The number of aromatic carboxylic acids is 1. The number of aromatic nitrogens is 4. The maximum atomic E-state index is 12.0. The van der Waals surface area contributed by atoms with Gasteiger partial charge in [0, 0.05) is 19.4 Å². The van der Waals surface area contributed by atoms with E-state index in [1.165, 1.54) is 16.7 Å². The second-order valence-electron chi connectivity index (χ2n) is 4.51. The van der Waals surface area contributed by atoms with Crippen LogP contribution in [0, 0.1) is 0 Å². The van der Waals surface area contributed by atoms with Gasteiger partial charge >= 0.3 is 11.7 Å². The fraction of sp³-hybridized carbons (Fsp3) is 0.154. The number of imidazole rings is 2. The van der Waals surface area contributed by atoms with Gasteiger partial charge in [0.2, 0.25) is 0 Å². The van der Waals surface area contributed by atoms with Gasteiger partial charge in [0.1, 0.15) is 5.82 Å². The van der Waals surface area contributed by atoms with E-state index in [2.05, 4.69) is 9.97 Å². The molecule has 20 heavy (non-hydrogen) atoms. The van der Waals surface area contributed by atoms with Gasteiger partial charge in [0.05, 0.1) is 23.1 Å². The topological polar surface area (TPSA) is 92.9 Å². The number of rotatable bonds is 3. The van der Waals surface area contributed by atoms with Crippen molar-refractivity contribution in [3.8, 4) is 0 Å². The van der Waals surface area contributed by atoms with Gasteiger partial charge in [-0.2, -0.15) is 0 Å². The molecule has 3 rings (SSSR count). The molecule has 0 unspecified atom stereocenters. The Balaban J connectivity index is 2.16. The first-order valence-corrected chi connectivity index (χ1v) is 5.98. The Bertz CT molecular complexity index is 856. The van der Waals surface area contributed by atoms with Crippen molar-refractivity contribution in [1.29, 1.82) is 0 Å². The number of aromatic amines is 1. The van der Waals surface area contributed by atoms with Gasteiger partial charge in [-0.1, -0.05) is 0 Å². The van der Waals surface area contributed by atoms with Crippen LogP contribution in [0.1, 0.15) is 16.2 Å². The number of H-pyrrole nitrogens is 1. The van der Waals surface area contributed by atoms with Crippen molar-refractivity contribution < 1.29 is 9.90 Å². The lowest BCUT2D eigenvalue weighted by Gasteiger charge is -2.04. The summed E-state index contributed by atoms with van der Waals surface area (Å²) in [7, 11) is 1.84. The molecule has 0 amide bonds. The molecule has 102 valence electrons. The Morgan fingerprint density at radius 3 is 2.90 bits per heavy atom. The van der Waals surface area contributed by atoms with Gasteiger partial charge in [-0.3, -0.25) is 4.57 Å². The number of nitrogens with zero attached hydrogens (tertiary/aromatic N) is 3. The van der Waals surface area contributed by atoms with Crippen LogP contribution in [0.15, 0.2) is 35.4 Å². The van der Waals surface area contributed by atoms with Crippen molar-refractivity contribution in [2.75, 3.05) is 0 Å². The van der Waals surface area contributed by atoms with E-state index in [1.54, 1.807) is 18.5 Å². The Labute approximate surface area is 113 Å². The highest BCUT2D eigenvalue weighted by molar-refractivity contribution is 5.92. The molecule has 7 nitrogen and oxygen atoms in total. The maximum Gasteiger partial charge on any atom is 0.335 e. The van der Waals surface area contributed by atoms with E-state index in [0.717, 1.165) is 0 Å². The molecule has 3 aromatic rings. The standard InChI is InChI=1S/C13H12N4O3/c1-16-5-4-14-11(16)7-17-10-6-8(12(18)19)2-3-9(10)15-13(17)20/h2-6H,7H2,1H3,(H,15,20)(H,18,19). The number of hydrogen-bond donors (Lipinski definition) is 2. The van der Waals surface area contributed by atoms with E-state index >= 15 is 0 Å². The molecular formula is C13H12N4O3. The fourth-order valence-electron chi connectivity index (χ4n) is 2.13. The van der Waals surface area contributed by atoms with Crippen LogP contribution in [0.2, 0.25) is 0 Å². The highest BCUT2D eigenvalue weighted by atomic mass is 16.4. The summed E-state index contributed by atoms with van der Waals surface area (Å²) in [6, 6.07) is 4.54. The fourth-order valence-corrected chi connectivity index (χ4v) is 2.13. The zero-order valence-corrected chi connectivity index (χ0v) is 10.7. The van der Waals surface area contributed by atoms with Gasteiger partial charge in [0.25, 0.3) is 0 Å². The molecule has 0 bridgehead atoms. The van der Waals surface area contributed by atoms with Crippen molar-refractivity contribution in [2.24, 2.45) is 7.05 Å². The lowest BCUT2D eigenvalue weighted by molar-refractivity contribution is 0.0697. The van der Waals surface area contributed by atoms with Crippen molar-refractivity contribution in [3.63, 3.8) is 0 Å². The van der Waals surface area contributed by atoms with Crippen molar-refractivity contribution in [2.45, 2.75) is 6.54 Å². The molecular weight excluding hydrogens is 260 g/mol. The predicted molar refractivity (Wildman–Crippen MR) is 71.8 cm³/mol. The van der Waals surface area contributed by atoms with Gasteiger partial charge in [0.15, 0.2) is 0 Å². The minimum Gasteiger partial charge on any atom is -0.478 e. The van der Waals surface area contributed by atoms with E-state index in [9.17, 15) is 9.59 Å². The molecule has 0 fully saturated rings. The minimum absolute atomic E-state index is 0.144. The molecule has 0 aliphatic rings. The number of carboxylic acids is 1. The first-order chi connectivity index (χ1) is 9.56.